The maximum absolute atomic E-state index is 11.4. The van der Waals surface area contributed by atoms with Crippen LogP contribution in [0.4, 0.5) is 4.39 Å². The van der Waals surface area contributed by atoms with Crippen LogP contribution in [0.25, 0.3) is 0 Å². The molecule has 0 saturated heterocycles. The monoisotopic (exact) mass is 187 g/mol. The van der Waals surface area contributed by atoms with E-state index >= 15 is 0 Å². The standard InChI is InChI=1S/C7H15FNO.K/c1-9(2)5-3-6-10-7-4-8;/h1,3-7H2,2H3;/q-1;+1. The van der Waals surface area contributed by atoms with Gasteiger partial charge in [0.25, 0.3) is 0 Å². The van der Waals surface area contributed by atoms with Crippen LogP contribution in [0.3, 0.4) is 0 Å². The van der Waals surface area contributed by atoms with E-state index in [2.05, 4.69) is 7.05 Å². The summed E-state index contributed by atoms with van der Waals surface area (Å²) in [5, 5.41) is 0. The number of ether oxygens (including phenoxy) is 1. The SMILES string of the molecule is [CH2-]N(C)CCCOCCF.[K+]. The van der Waals surface area contributed by atoms with Crippen molar-refractivity contribution in [2.24, 2.45) is 0 Å². The minimum atomic E-state index is -0.389. The molecule has 4 heteroatoms. The zero-order valence-corrected chi connectivity index (χ0v) is 10.6. The summed E-state index contributed by atoms with van der Waals surface area (Å²) in [6.07, 6.45) is 0.917. The Bertz CT molecular complexity index is 73.5. The fraction of sp³-hybridized carbons (Fsp3) is 0.857. The second kappa shape index (κ2) is 11.5. The molecule has 0 bridgehead atoms. The summed E-state index contributed by atoms with van der Waals surface area (Å²) >= 11 is 0. The molecular formula is C7H15FKNO. The number of alkyl halides is 1. The Hall–Kier alpha value is 1.49. The molecule has 0 aliphatic carbocycles. The van der Waals surface area contributed by atoms with Gasteiger partial charge in [-0.05, 0) is 20.0 Å². The van der Waals surface area contributed by atoms with Gasteiger partial charge in [-0.1, -0.05) is 0 Å². The van der Waals surface area contributed by atoms with Crippen molar-refractivity contribution < 1.29 is 60.5 Å². The van der Waals surface area contributed by atoms with E-state index in [4.69, 9.17) is 4.74 Å². The first-order valence-electron chi connectivity index (χ1n) is 3.42. The molecule has 0 aliphatic rings. The molecule has 0 aromatic rings. The van der Waals surface area contributed by atoms with Crippen LogP contribution in [0.1, 0.15) is 6.42 Å². The fourth-order valence-electron chi connectivity index (χ4n) is 0.593. The Kier molecular flexibility index (Phi) is 15.6. The topological polar surface area (TPSA) is 12.5 Å². The van der Waals surface area contributed by atoms with Crippen molar-refractivity contribution in [2.75, 3.05) is 33.5 Å². The van der Waals surface area contributed by atoms with Crippen molar-refractivity contribution in [3.8, 4) is 0 Å². The van der Waals surface area contributed by atoms with Crippen molar-refractivity contribution in [3.63, 3.8) is 0 Å². The minimum Gasteiger partial charge on any atom is -0.462 e. The summed E-state index contributed by atoms with van der Waals surface area (Å²) in [5.41, 5.74) is 0. The van der Waals surface area contributed by atoms with Crippen molar-refractivity contribution in [1.29, 1.82) is 0 Å². The van der Waals surface area contributed by atoms with Crippen molar-refractivity contribution in [1.82, 2.24) is 4.90 Å². The molecular weight excluding hydrogens is 172 g/mol. The number of nitrogens with zero attached hydrogens (tertiary/aromatic N) is 1. The first-order valence-corrected chi connectivity index (χ1v) is 3.42. The third-order valence-corrected chi connectivity index (χ3v) is 1.05. The van der Waals surface area contributed by atoms with Gasteiger partial charge < -0.3 is 9.64 Å². The van der Waals surface area contributed by atoms with Crippen LogP contribution in [0.5, 0.6) is 0 Å². The normalized spacial score (nSPS) is 9.82. The summed E-state index contributed by atoms with van der Waals surface area (Å²) < 4.78 is 16.3. The van der Waals surface area contributed by atoms with Crippen molar-refractivity contribution >= 4 is 0 Å². The van der Waals surface area contributed by atoms with Gasteiger partial charge in [-0.2, -0.15) is 0 Å². The molecule has 0 spiro atoms. The molecule has 0 unspecified atom stereocenters. The molecule has 0 atom stereocenters. The molecule has 0 aliphatic heterocycles. The van der Waals surface area contributed by atoms with Crippen molar-refractivity contribution in [3.05, 3.63) is 7.05 Å². The second-order valence-electron chi connectivity index (χ2n) is 2.23. The summed E-state index contributed by atoms with van der Waals surface area (Å²) in [5.74, 6) is 0. The predicted molar refractivity (Wildman–Crippen MR) is 39.4 cm³/mol. The Morgan fingerprint density at radius 2 is 2.09 bits per heavy atom. The van der Waals surface area contributed by atoms with E-state index in [1.807, 2.05) is 11.9 Å². The average Bonchev–Trinajstić information content (AvgIpc) is 1.87. The molecule has 0 fully saturated rings. The molecule has 0 heterocycles. The van der Waals surface area contributed by atoms with Gasteiger partial charge >= 0.3 is 51.4 Å². The van der Waals surface area contributed by atoms with Crippen LogP contribution in [-0.4, -0.2) is 38.4 Å². The predicted octanol–water partition coefficient (Wildman–Crippen LogP) is -1.91. The first-order chi connectivity index (χ1) is 4.77. The van der Waals surface area contributed by atoms with E-state index in [1.165, 1.54) is 0 Å². The molecule has 0 saturated carbocycles. The summed E-state index contributed by atoms with van der Waals surface area (Å²) in [6.45, 7) is 1.36. The molecule has 62 valence electrons. The van der Waals surface area contributed by atoms with Gasteiger partial charge in [-0.25, -0.2) is 4.39 Å². The smallest absolute Gasteiger partial charge is 0.462 e. The molecule has 0 rings (SSSR count). The molecule has 0 aromatic heterocycles. The quantitative estimate of drug-likeness (QED) is 0.273. The van der Waals surface area contributed by atoms with E-state index < -0.39 is 0 Å². The Labute approximate surface area is 111 Å². The summed E-state index contributed by atoms with van der Waals surface area (Å²) in [6, 6.07) is 0. The summed E-state index contributed by atoms with van der Waals surface area (Å²) in [4.78, 5) is 1.83. The van der Waals surface area contributed by atoms with Crippen LogP contribution < -0.4 is 51.4 Å². The van der Waals surface area contributed by atoms with E-state index in [0.29, 0.717) is 6.61 Å². The molecule has 0 N–H and O–H groups in total. The van der Waals surface area contributed by atoms with Gasteiger partial charge in [0.2, 0.25) is 0 Å². The third-order valence-electron chi connectivity index (χ3n) is 1.05. The van der Waals surface area contributed by atoms with Gasteiger partial charge in [0, 0.05) is 6.61 Å². The van der Waals surface area contributed by atoms with E-state index in [1.54, 1.807) is 0 Å². The zero-order valence-electron chi connectivity index (χ0n) is 7.48. The Morgan fingerprint density at radius 1 is 1.45 bits per heavy atom. The van der Waals surface area contributed by atoms with Crippen LogP contribution in [0.15, 0.2) is 0 Å². The summed E-state index contributed by atoms with van der Waals surface area (Å²) in [7, 11) is 5.56. The van der Waals surface area contributed by atoms with E-state index in [-0.39, 0.29) is 64.7 Å². The van der Waals surface area contributed by atoms with Crippen molar-refractivity contribution in [2.45, 2.75) is 6.42 Å². The number of halogens is 1. The van der Waals surface area contributed by atoms with Gasteiger partial charge in [0.1, 0.15) is 6.67 Å². The fourth-order valence-corrected chi connectivity index (χ4v) is 0.593. The van der Waals surface area contributed by atoms with E-state index in [9.17, 15) is 4.39 Å². The maximum atomic E-state index is 11.4. The molecule has 0 radical (unpaired) electrons. The molecule has 11 heavy (non-hydrogen) atoms. The molecule has 2 nitrogen and oxygen atoms in total. The van der Waals surface area contributed by atoms with Crippen LogP contribution in [0.2, 0.25) is 0 Å². The molecule has 0 aromatic carbocycles. The first kappa shape index (κ1) is 15.0. The average molecular weight is 187 g/mol. The van der Waals surface area contributed by atoms with Crippen LogP contribution >= 0.6 is 0 Å². The van der Waals surface area contributed by atoms with Gasteiger partial charge in [0.05, 0.1) is 6.61 Å². The number of rotatable bonds is 6. The van der Waals surface area contributed by atoms with Crippen LogP contribution in [0, 0.1) is 7.05 Å². The minimum absolute atomic E-state index is 0. The Balaban J connectivity index is 0. The largest absolute Gasteiger partial charge is 1.00 e. The van der Waals surface area contributed by atoms with E-state index in [0.717, 1.165) is 13.0 Å². The third kappa shape index (κ3) is 14.4. The van der Waals surface area contributed by atoms with Gasteiger partial charge in [-0.15, -0.1) is 0 Å². The maximum Gasteiger partial charge on any atom is 1.00 e. The van der Waals surface area contributed by atoms with Gasteiger partial charge in [-0.3, -0.25) is 7.05 Å². The Morgan fingerprint density at radius 3 is 2.55 bits per heavy atom. The number of hydrogen-bond acceptors (Lipinski definition) is 2. The zero-order chi connectivity index (χ0) is 7.82. The molecule has 0 amide bonds. The van der Waals surface area contributed by atoms with Crippen LogP contribution in [-0.2, 0) is 4.74 Å². The number of hydrogen-bond donors (Lipinski definition) is 0. The second-order valence-corrected chi connectivity index (χ2v) is 2.23. The van der Waals surface area contributed by atoms with Gasteiger partial charge in [0.15, 0.2) is 0 Å².